The third-order valence-electron chi connectivity index (χ3n) is 4.86. The largest absolute Gasteiger partial charge is 0.388 e. The van der Waals surface area contributed by atoms with Gasteiger partial charge in [-0.3, -0.25) is 4.79 Å². The number of hydrogen-bond donors (Lipinski definition) is 3. The van der Waals surface area contributed by atoms with Crippen molar-refractivity contribution in [3.63, 3.8) is 0 Å². The topological polar surface area (TPSA) is 72.8 Å². The molecule has 0 spiro atoms. The molecular formula is C20H22Cl2N2O3. The number of aliphatic hydroxyl groups is 2. The Morgan fingerprint density at radius 1 is 1.19 bits per heavy atom. The second kappa shape index (κ2) is 8.59. The van der Waals surface area contributed by atoms with Gasteiger partial charge in [-0.1, -0.05) is 35.3 Å². The molecular weight excluding hydrogens is 387 g/mol. The molecule has 2 aromatic rings. The highest BCUT2D eigenvalue weighted by Crippen LogP contribution is 2.24. The highest BCUT2D eigenvalue weighted by Gasteiger charge is 2.41. The van der Waals surface area contributed by atoms with Crippen LogP contribution in [0.2, 0.25) is 10.0 Å². The van der Waals surface area contributed by atoms with Crippen LogP contribution in [0.25, 0.3) is 0 Å². The molecule has 2 atom stereocenters. The van der Waals surface area contributed by atoms with E-state index in [0.29, 0.717) is 28.7 Å². The average Bonchev–Trinajstić information content (AvgIpc) is 2.64. The van der Waals surface area contributed by atoms with E-state index in [1.54, 1.807) is 35.2 Å². The molecule has 27 heavy (non-hydrogen) atoms. The maximum Gasteiger partial charge on any atom is 0.253 e. The lowest BCUT2D eigenvalue weighted by atomic mass is 9.88. The second-order valence-corrected chi connectivity index (χ2v) is 7.73. The third-order valence-corrected chi connectivity index (χ3v) is 5.34. The SMILES string of the molecule is O=C(c1ccc(Cl)cc1)N1CC[C@](O)(CNCc2cccc(Cl)c2)[C@@H](O)C1. The van der Waals surface area contributed by atoms with Gasteiger partial charge in [-0.15, -0.1) is 0 Å². The first kappa shape index (κ1) is 20.1. The van der Waals surface area contributed by atoms with Crippen molar-refractivity contribution in [3.05, 3.63) is 69.7 Å². The van der Waals surface area contributed by atoms with Gasteiger partial charge in [0.05, 0.1) is 0 Å². The zero-order chi connectivity index (χ0) is 19.4. The van der Waals surface area contributed by atoms with E-state index in [2.05, 4.69) is 5.32 Å². The Labute approximate surface area is 168 Å². The Morgan fingerprint density at radius 3 is 2.59 bits per heavy atom. The number of hydrogen-bond acceptors (Lipinski definition) is 4. The number of benzene rings is 2. The van der Waals surface area contributed by atoms with Gasteiger partial charge in [0.2, 0.25) is 0 Å². The Kier molecular flexibility index (Phi) is 6.40. The van der Waals surface area contributed by atoms with Crippen LogP contribution in [0.15, 0.2) is 48.5 Å². The Morgan fingerprint density at radius 2 is 1.93 bits per heavy atom. The van der Waals surface area contributed by atoms with Crippen LogP contribution in [-0.4, -0.2) is 52.4 Å². The predicted molar refractivity (Wildman–Crippen MR) is 106 cm³/mol. The number of piperidine rings is 1. The lowest BCUT2D eigenvalue weighted by Gasteiger charge is -2.42. The number of rotatable bonds is 5. The average molecular weight is 409 g/mol. The first-order valence-electron chi connectivity index (χ1n) is 8.78. The molecule has 1 aliphatic rings. The zero-order valence-corrected chi connectivity index (χ0v) is 16.2. The first-order valence-corrected chi connectivity index (χ1v) is 9.53. The number of aliphatic hydroxyl groups excluding tert-OH is 1. The van der Waals surface area contributed by atoms with Crippen LogP contribution in [0.3, 0.4) is 0 Å². The normalized spacial score (nSPS) is 22.7. The van der Waals surface area contributed by atoms with Crippen LogP contribution in [0.5, 0.6) is 0 Å². The minimum absolute atomic E-state index is 0.0802. The van der Waals surface area contributed by atoms with Gasteiger partial charge in [-0.05, 0) is 48.4 Å². The number of nitrogens with zero attached hydrogens (tertiary/aromatic N) is 1. The minimum Gasteiger partial charge on any atom is -0.388 e. The molecule has 1 heterocycles. The standard InChI is InChI=1S/C20H22Cl2N2O3/c21-16-6-4-15(5-7-16)19(26)24-9-8-20(27,18(25)12-24)13-23-11-14-2-1-3-17(22)10-14/h1-7,10,18,23,25,27H,8-9,11-13H2/t18-,20-/m0/s1. The summed E-state index contributed by atoms with van der Waals surface area (Å²) < 4.78 is 0. The fraction of sp³-hybridized carbons (Fsp3) is 0.350. The van der Waals surface area contributed by atoms with Crippen LogP contribution in [-0.2, 0) is 6.54 Å². The summed E-state index contributed by atoms with van der Waals surface area (Å²) in [5, 5.41) is 25.6. The van der Waals surface area contributed by atoms with E-state index in [9.17, 15) is 15.0 Å². The summed E-state index contributed by atoms with van der Waals surface area (Å²) in [6.45, 7) is 1.21. The molecule has 0 radical (unpaired) electrons. The lowest BCUT2D eigenvalue weighted by molar-refractivity contribution is -0.110. The van der Waals surface area contributed by atoms with Crippen molar-refractivity contribution in [2.45, 2.75) is 24.7 Å². The van der Waals surface area contributed by atoms with Crippen molar-refractivity contribution < 1.29 is 15.0 Å². The lowest BCUT2D eigenvalue weighted by Crippen LogP contribution is -2.60. The number of amides is 1. The summed E-state index contributed by atoms with van der Waals surface area (Å²) in [5.74, 6) is -0.181. The van der Waals surface area contributed by atoms with Crippen molar-refractivity contribution in [1.82, 2.24) is 10.2 Å². The quantitative estimate of drug-likeness (QED) is 0.710. The van der Waals surface area contributed by atoms with E-state index in [1.807, 2.05) is 18.2 Å². The Balaban J connectivity index is 1.55. The maximum atomic E-state index is 12.6. The van der Waals surface area contributed by atoms with Gasteiger partial charge in [0.25, 0.3) is 5.91 Å². The van der Waals surface area contributed by atoms with E-state index in [1.165, 1.54) is 0 Å². The molecule has 1 saturated heterocycles. The van der Waals surface area contributed by atoms with Crippen LogP contribution in [0.1, 0.15) is 22.3 Å². The summed E-state index contributed by atoms with van der Waals surface area (Å²) in [5.41, 5.74) is 0.224. The maximum absolute atomic E-state index is 12.6. The molecule has 0 saturated carbocycles. The molecule has 0 unspecified atom stereocenters. The number of nitrogens with one attached hydrogen (secondary N) is 1. The minimum atomic E-state index is -1.28. The van der Waals surface area contributed by atoms with Crippen molar-refractivity contribution in [2.75, 3.05) is 19.6 Å². The monoisotopic (exact) mass is 408 g/mol. The summed E-state index contributed by atoms with van der Waals surface area (Å²) in [6, 6.07) is 14.1. The highest BCUT2D eigenvalue weighted by molar-refractivity contribution is 6.30. The molecule has 1 amide bonds. The molecule has 1 fully saturated rings. The summed E-state index contributed by atoms with van der Waals surface area (Å²) in [4.78, 5) is 14.1. The van der Waals surface area contributed by atoms with Gasteiger partial charge >= 0.3 is 0 Å². The van der Waals surface area contributed by atoms with Crippen molar-refractivity contribution >= 4 is 29.1 Å². The molecule has 2 aromatic carbocycles. The third kappa shape index (κ3) is 5.00. The molecule has 7 heteroatoms. The highest BCUT2D eigenvalue weighted by atomic mass is 35.5. The van der Waals surface area contributed by atoms with Gasteiger partial charge < -0.3 is 20.4 Å². The molecule has 3 rings (SSSR count). The van der Waals surface area contributed by atoms with Crippen molar-refractivity contribution in [1.29, 1.82) is 0 Å². The first-order chi connectivity index (χ1) is 12.9. The molecule has 3 N–H and O–H groups in total. The van der Waals surface area contributed by atoms with Crippen LogP contribution in [0.4, 0.5) is 0 Å². The van der Waals surface area contributed by atoms with E-state index >= 15 is 0 Å². The van der Waals surface area contributed by atoms with Crippen LogP contribution >= 0.6 is 23.2 Å². The summed E-state index contributed by atoms with van der Waals surface area (Å²) in [6.07, 6.45) is -0.745. The van der Waals surface area contributed by atoms with Gasteiger partial charge in [-0.2, -0.15) is 0 Å². The molecule has 1 aliphatic heterocycles. The second-order valence-electron chi connectivity index (χ2n) is 6.86. The van der Waals surface area contributed by atoms with Gasteiger partial charge in [0, 0.05) is 41.8 Å². The Bertz CT molecular complexity index is 800. The smallest absolute Gasteiger partial charge is 0.253 e. The van der Waals surface area contributed by atoms with E-state index in [4.69, 9.17) is 23.2 Å². The van der Waals surface area contributed by atoms with Crippen LogP contribution < -0.4 is 5.32 Å². The van der Waals surface area contributed by atoms with Crippen molar-refractivity contribution in [3.8, 4) is 0 Å². The molecule has 5 nitrogen and oxygen atoms in total. The fourth-order valence-electron chi connectivity index (χ4n) is 3.20. The van der Waals surface area contributed by atoms with E-state index in [-0.39, 0.29) is 25.4 Å². The number of carbonyl (C=O) groups is 1. The van der Waals surface area contributed by atoms with Crippen molar-refractivity contribution in [2.24, 2.45) is 0 Å². The molecule has 0 bridgehead atoms. The fourth-order valence-corrected chi connectivity index (χ4v) is 3.54. The molecule has 144 valence electrons. The summed E-state index contributed by atoms with van der Waals surface area (Å²) in [7, 11) is 0. The predicted octanol–water partition coefficient (Wildman–Crippen LogP) is 2.72. The van der Waals surface area contributed by atoms with E-state index < -0.39 is 11.7 Å². The number of β-amino-alcohol motifs (C(OH)–C–C–N with tert-alkyl or cyclic N) is 1. The number of likely N-dealkylation sites (tertiary alicyclic amines) is 1. The van der Waals surface area contributed by atoms with Crippen LogP contribution in [0, 0.1) is 0 Å². The summed E-state index contributed by atoms with van der Waals surface area (Å²) >= 11 is 11.8. The zero-order valence-electron chi connectivity index (χ0n) is 14.7. The Hall–Kier alpha value is -1.63. The molecule has 0 aromatic heterocycles. The van der Waals surface area contributed by atoms with Gasteiger partial charge in [-0.25, -0.2) is 0 Å². The van der Waals surface area contributed by atoms with Gasteiger partial charge in [0.1, 0.15) is 11.7 Å². The molecule has 0 aliphatic carbocycles. The van der Waals surface area contributed by atoms with Gasteiger partial charge in [0.15, 0.2) is 0 Å². The number of halogens is 2. The number of carbonyl (C=O) groups excluding carboxylic acids is 1. The van der Waals surface area contributed by atoms with E-state index in [0.717, 1.165) is 5.56 Å².